The number of aliphatic hydroxyl groups excluding tert-OH is 1. The molecule has 5 nitrogen and oxygen atoms in total. The Labute approximate surface area is 147 Å². The zero-order chi connectivity index (χ0) is 17.2. The molecule has 5 rings (SSSR count). The van der Waals surface area contributed by atoms with Crippen molar-refractivity contribution in [2.45, 2.75) is 44.1 Å². The quantitative estimate of drug-likeness (QED) is 0.914. The molecule has 1 N–H and O–H groups in total. The Bertz CT molecular complexity index is 831. The Hall–Kier alpha value is -1.88. The van der Waals surface area contributed by atoms with Crippen LogP contribution in [0.5, 0.6) is 0 Å². The van der Waals surface area contributed by atoms with Crippen molar-refractivity contribution in [2.75, 3.05) is 13.1 Å². The van der Waals surface area contributed by atoms with E-state index in [0.29, 0.717) is 24.2 Å². The van der Waals surface area contributed by atoms with Gasteiger partial charge in [0.05, 0.1) is 23.5 Å². The Morgan fingerprint density at radius 1 is 1.32 bits per heavy atom. The number of aromatic nitrogens is 2. The Balaban J connectivity index is 1.25. The maximum absolute atomic E-state index is 12.4. The number of aryl methyl sites for hydroxylation is 1. The van der Waals surface area contributed by atoms with Crippen molar-refractivity contribution in [2.24, 2.45) is 18.4 Å². The molecule has 132 valence electrons. The Kier molecular flexibility index (Phi) is 3.26. The first-order chi connectivity index (χ1) is 12.0. The van der Waals surface area contributed by atoms with Gasteiger partial charge in [-0.2, -0.15) is 0 Å². The molecule has 25 heavy (non-hydrogen) atoms. The van der Waals surface area contributed by atoms with Crippen LogP contribution >= 0.6 is 0 Å². The van der Waals surface area contributed by atoms with E-state index in [1.54, 1.807) is 0 Å². The number of hydrogen-bond acceptors (Lipinski definition) is 3. The molecule has 2 heterocycles. The summed E-state index contributed by atoms with van der Waals surface area (Å²) < 4.78 is 2.06. The fraction of sp³-hybridized carbons (Fsp3) is 0.600. The molecule has 5 heteroatoms. The molecule has 1 saturated heterocycles. The van der Waals surface area contributed by atoms with Crippen molar-refractivity contribution < 1.29 is 9.90 Å². The van der Waals surface area contributed by atoms with Gasteiger partial charge in [-0.25, -0.2) is 4.98 Å². The first-order valence-electron chi connectivity index (χ1n) is 9.41. The summed E-state index contributed by atoms with van der Waals surface area (Å²) in [5, 5.41) is 9.40. The second-order valence-electron chi connectivity index (χ2n) is 8.56. The first-order valence-corrected chi connectivity index (χ1v) is 9.41. The van der Waals surface area contributed by atoms with Crippen LogP contribution in [0.4, 0.5) is 0 Å². The lowest BCUT2D eigenvalue weighted by molar-refractivity contribution is -0.154. The van der Waals surface area contributed by atoms with Crippen molar-refractivity contribution in [1.29, 1.82) is 0 Å². The summed E-state index contributed by atoms with van der Waals surface area (Å²) in [6.45, 7) is 1.83. The fourth-order valence-corrected chi connectivity index (χ4v) is 5.15. The van der Waals surface area contributed by atoms with Gasteiger partial charge in [-0.3, -0.25) is 4.79 Å². The summed E-state index contributed by atoms with van der Waals surface area (Å²) >= 11 is 0. The number of carbonyl (C=O) groups excluding carboxylic acids is 1. The minimum Gasteiger partial charge on any atom is -0.393 e. The highest BCUT2D eigenvalue weighted by molar-refractivity contribution is 5.81. The Morgan fingerprint density at radius 3 is 2.88 bits per heavy atom. The number of aliphatic hydroxyl groups is 1. The molecule has 2 aliphatic carbocycles. The lowest BCUT2D eigenvalue weighted by Gasteiger charge is -2.50. The average Bonchev–Trinajstić information content (AvgIpc) is 3.14. The van der Waals surface area contributed by atoms with Gasteiger partial charge >= 0.3 is 0 Å². The molecule has 2 saturated carbocycles. The molecule has 1 spiro atoms. The monoisotopic (exact) mass is 339 g/mol. The maximum Gasteiger partial charge on any atom is 0.225 e. The van der Waals surface area contributed by atoms with Gasteiger partial charge in [-0.05, 0) is 55.7 Å². The second-order valence-corrected chi connectivity index (χ2v) is 8.56. The van der Waals surface area contributed by atoms with Crippen LogP contribution in [0.15, 0.2) is 24.5 Å². The number of carbonyl (C=O) groups is 1. The van der Waals surface area contributed by atoms with E-state index in [2.05, 4.69) is 27.8 Å². The minimum absolute atomic E-state index is 0.0797. The standard InChI is InChI=1S/C20H25N3O2/c1-22-12-21-17-8-13(2-3-18(17)22)14-4-5-20(9-14)10-23(11-20)19(25)15-6-16(24)7-15/h2-3,8,12,14-16,24H,4-7,9-11H2,1H3/t14?,15-,16+. The number of rotatable bonds is 2. The van der Waals surface area contributed by atoms with E-state index < -0.39 is 0 Å². The predicted molar refractivity (Wildman–Crippen MR) is 95.0 cm³/mol. The van der Waals surface area contributed by atoms with Gasteiger partial charge in [0, 0.05) is 31.5 Å². The van der Waals surface area contributed by atoms with E-state index in [1.807, 2.05) is 18.3 Å². The van der Waals surface area contributed by atoms with Crippen LogP contribution in [-0.2, 0) is 11.8 Å². The van der Waals surface area contributed by atoms with Crippen LogP contribution in [0.3, 0.4) is 0 Å². The summed E-state index contributed by atoms with van der Waals surface area (Å²) in [6, 6.07) is 6.68. The molecule has 2 aromatic rings. The fourth-order valence-electron chi connectivity index (χ4n) is 5.15. The van der Waals surface area contributed by atoms with Crippen molar-refractivity contribution in [3.63, 3.8) is 0 Å². The normalized spacial score (nSPS) is 30.5. The molecule has 1 amide bonds. The minimum atomic E-state index is -0.249. The number of hydrogen-bond donors (Lipinski definition) is 1. The van der Waals surface area contributed by atoms with E-state index in [1.165, 1.54) is 30.3 Å². The molecule has 0 bridgehead atoms. The number of fused-ring (bicyclic) bond motifs is 1. The molecule has 3 aliphatic rings. The van der Waals surface area contributed by atoms with E-state index in [0.717, 1.165) is 18.6 Å². The molecule has 0 radical (unpaired) electrons. The third-order valence-corrected chi connectivity index (χ3v) is 6.75. The zero-order valence-electron chi connectivity index (χ0n) is 14.7. The second kappa shape index (κ2) is 5.31. The average molecular weight is 339 g/mol. The van der Waals surface area contributed by atoms with Crippen LogP contribution in [0.2, 0.25) is 0 Å². The van der Waals surface area contributed by atoms with Crippen LogP contribution in [0.25, 0.3) is 11.0 Å². The van der Waals surface area contributed by atoms with Crippen molar-refractivity contribution >= 4 is 16.9 Å². The largest absolute Gasteiger partial charge is 0.393 e. The molecular formula is C20H25N3O2. The SMILES string of the molecule is Cn1cnc2cc(C3CCC4(C3)CN(C(=O)[C@H]3C[C@@H](O)C3)C4)ccc21. The summed E-state index contributed by atoms with van der Waals surface area (Å²) in [5.41, 5.74) is 3.99. The number of imidazole rings is 1. The van der Waals surface area contributed by atoms with Crippen molar-refractivity contribution in [3.05, 3.63) is 30.1 Å². The zero-order valence-corrected chi connectivity index (χ0v) is 14.7. The topological polar surface area (TPSA) is 58.4 Å². The summed E-state index contributed by atoms with van der Waals surface area (Å²) in [5.74, 6) is 0.944. The highest BCUT2D eigenvalue weighted by Crippen LogP contribution is 2.52. The summed E-state index contributed by atoms with van der Waals surface area (Å²) in [7, 11) is 2.03. The molecule has 1 atom stereocenters. The van der Waals surface area contributed by atoms with Crippen molar-refractivity contribution in [1.82, 2.24) is 14.5 Å². The highest BCUT2D eigenvalue weighted by atomic mass is 16.3. The summed E-state index contributed by atoms with van der Waals surface area (Å²) in [4.78, 5) is 18.9. The highest BCUT2D eigenvalue weighted by Gasteiger charge is 2.51. The predicted octanol–water partition coefficient (Wildman–Crippen LogP) is 2.44. The van der Waals surface area contributed by atoms with E-state index >= 15 is 0 Å². The van der Waals surface area contributed by atoms with Gasteiger partial charge in [-0.1, -0.05) is 6.07 Å². The molecule has 1 aromatic carbocycles. The molecule has 1 unspecified atom stereocenters. The van der Waals surface area contributed by atoms with E-state index in [-0.39, 0.29) is 17.9 Å². The lowest BCUT2D eigenvalue weighted by atomic mass is 9.74. The number of nitrogens with zero attached hydrogens (tertiary/aromatic N) is 3. The van der Waals surface area contributed by atoms with Gasteiger partial charge in [-0.15, -0.1) is 0 Å². The van der Waals surface area contributed by atoms with Gasteiger partial charge in [0.2, 0.25) is 5.91 Å². The van der Waals surface area contributed by atoms with Gasteiger partial charge in [0.15, 0.2) is 0 Å². The third kappa shape index (κ3) is 2.40. The smallest absolute Gasteiger partial charge is 0.225 e. The van der Waals surface area contributed by atoms with E-state index in [9.17, 15) is 9.90 Å². The van der Waals surface area contributed by atoms with Gasteiger partial charge < -0.3 is 14.6 Å². The third-order valence-electron chi connectivity index (χ3n) is 6.75. The molecular weight excluding hydrogens is 314 g/mol. The van der Waals surface area contributed by atoms with Crippen LogP contribution in [-0.4, -0.2) is 44.7 Å². The maximum atomic E-state index is 12.4. The van der Waals surface area contributed by atoms with Crippen LogP contribution in [0.1, 0.15) is 43.6 Å². The van der Waals surface area contributed by atoms with Gasteiger partial charge in [0.1, 0.15) is 0 Å². The first kappa shape index (κ1) is 15.4. The molecule has 1 aliphatic heterocycles. The lowest BCUT2D eigenvalue weighted by Crippen LogP contribution is -2.60. The summed E-state index contributed by atoms with van der Waals surface area (Å²) in [6.07, 6.45) is 6.56. The van der Waals surface area contributed by atoms with Gasteiger partial charge in [0.25, 0.3) is 0 Å². The number of benzene rings is 1. The van der Waals surface area contributed by atoms with E-state index in [4.69, 9.17) is 0 Å². The number of likely N-dealkylation sites (tertiary alicyclic amines) is 1. The van der Waals surface area contributed by atoms with Crippen LogP contribution < -0.4 is 0 Å². The molecule has 3 fully saturated rings. The number of amides is 1. The molecule has 1 aromatic heterocycles. The van der Waals surface area contributed by atoms with Crippen LogP contribution in [0, 0.1) is 11.3 Å². The Morgan fingerprint density at radius 2 is 2.12 bits per heavy atom. The van der Waals surface area contributed by atoms with Crippen molar-refractivity contribution in [3.8, 4) is 0 Å².